The third-order valence-electron chi connectivity index (χ3n) is 4.02. The van der Waals surface area contributed by atoms with E-state index in [1.165, 1.54) is 12.1 Å². The SMILES string of the molecule is Cc1cc(C=Nc2ccc(F)cc2)c(C)n1-c1ccccc1C(=O)O. The standard InChI is InChI=1S/C20H17FN2O2/c1-13-11-15(12-22-17-9-7-16(21)8-10-17)14(2)23(13)19-6-4-3-5-18(19)20(24)25/h3-12H,1-2H3,(H,24,25). The lowest BCUT2D eigenvalue weighted by Gasteiger charge is -2.12. The summed E-state index contributed by atoms with van der Waals surface area (Å²) in [6, 6.07) is 14.8. The number of hydrogen-bond donors (Lipinski definition) is 1. The zero-order valence-corrected chi connectivity index (χ0v) is 13.9. The number of aliphatic imine (C=N–C) groups is 1. The smallest absolute Gasteiger partial charge is 0.337 e. The molecule has 0 aliphatic carbocycles. The molecule has 126 valence electrons. The minimum absolute atomic E-state index is 0.242. The minimum Gasteiger partial charge on any atom is -0.478 e. The summed E-state index contributed by atoms with van der Waals surface area (Å²) in [7, 11) is 0. The Labute approximate surface area is 144 Å². The molecule has 0 aliphatic heterocycles. The number of aromatic nitrogens is 1. The van der Waals surface area contributed by atoms with E-state index in [4.69, 9.17) is 0 Å². The topological polar surface area (TPSA) is 54.6 Å². The Balaban J connectivity index is 2.02. The lowest BCUT2D eigenvalue weighted by Crippen LogP contribution is -2.07. The van der Waals surface area contributed by atoms with Crippen LogP contribution in [0.1, 0.15) is 27.3 Å². The fourth-order valence-electron chi connectivity index (χ4n) is 2.81. The number of carboxylic acid groups (broad SMARTS) is 1. The van der Waals surface area contributed by atoms with Crippen molar-refractivity contribution in [3.05, 3.63) is 82.9 Å². The van der Waals surface area contributed by atoms with Gasteiger partial charge in [0.2, 0.25) is 0 Å². The average Bonchev–Trinajstić information content (AvgIpc) is 2.88. The van der Waals surface area contributed by atoms with Gasteiger partial charge in [-0.3, -0.25) is 4.99 Å². The molecule has 1 heterocycles. The molecule has 0 aliphatic rings. The molecule has 5 heteroatoms. The van der Waals surface area contributed by atoms with Gasteiger partial charge in [-0.05, 0) is 56.3 Å². The summed E-state index contributed by atoms with van der Waals surface area (Å²) < 4.78 is 14.9. The van der Waals surface area contributed by atoms with Crippen molar-refractivity contribution >= 4 is 17.9 Å². The number of nitrogens with zero attached hydrogens (tertiary/aromatic N) is 2. The summed E-state index contributed by atoms with van der Waals surface area (Å²) in [6.45, 7) is 3.83. The first-order valence-electron chi connectivity index (χ1n) is 7.78. The van der Waals surface area contributed by atoms with Crippen molar-refractivity contribution in [2.24, 2.45) is 4.99 Å². The molecule has 0 spiro atoms. The molecule has 4 nitrogen and oxygen atoms in total. The summed E-state index contributed by atoms with van der Waals surface area (Å²) >= 11 is 0. The summed E-state index contributed by atoms with van der Waals surface area (Å²) in [5, 5.41) is 9.42. The van der Waals surface area contributed by atoms with Gasteiger partial charge >= 0.3 is 5.97 Å². The van der Waals surface area contributed by atoms with Crippen LogP contribution in [0, 0.1) is 19.7 Å². The van der Waals surface area contributed by atoms with E-state index in [0.29, 0.717) is 11.4 Å². The highest BCUT2D eigenvalue weighted by Crippen LogP contribution is 2.23. The number of halogens is 1. The molecule has 0 amide bonds. The molecule has 2 aromatic carbocycles. The molecule has 0 atom stereocenters. The third-order valence-corrected chi connectivity index (χ3v) is 4.02. The van der Waals surface area contributed by atoms with Gasteiger partial charge in [0.1, 0.15) is 5.82 Å². The highest BCUT2D eigenvalue weighted by Gasteiger charge is 2.15. The maximum Gasteiger partial charge on any atom is 0.337 e. The molecule has 0 bridgehead atoms. The molecule has 25 heavy (non-hydrogen) atoms. The van der Waals surface area contributed by atoms with Crippen LogP contribution in [0.3, 0.4) is 0 Å². The van der Waals surface area contributed by atoms with Gasteiger partial charge in [0.15, 0.2) is 0 Å². The highest BCUT2D eigenvalue weighted by molar-refractivity contribution is 5.92. The molecule has 1 aromatic heterocycles. The van der Waals surface area contributed by atoms with Crippen LogP contribution in [-0.2, 0) is 0 Å². The largest absolute Gasteiger partial charge is 0.478 e. The Morgan fingerprint density at radius 3 is 2.48 bits per heavy atom. The maximum atomic E-state index is 13.0. The summed E-state index contributed by atoms with van der Waals surface area (Å²) in [4.78, 5) is 15.9. The van der Waals surface area contributed by atoms with Crippen molar-refractivity contribution in [3.8, 4) is 5.69 Å². The van der Waals surface area contributed by atoms with Gasteiger partial charge < -0.3 is 9.67 Å². The molecule has 3 rings (SSSR count). The van der Waals surface area contributed by atoms with Crippen molar-refractivity contribution in [2.45, 2.75) is 13.8 Å². The number of carboxylic acids is 1. The molecule has 0 saturated heterocycles. The Hall–Kier alpha value is -3.21. The number of rotatable bonds is 4. The van der Waals surface area contributed by atoms with Crippen LogP contribution < -0.4 is 0 Å². The van der Waals surface area contributed by atoms with Crippen LogP contribution in [0.2, 0.25) is 0 Å². The quantitative estimate of drug-likeness (QED) is 0.703. The number of benzene rings is 2. The van der Waals surface area contributed by atoms with Crippen LogP contribution in [-0.4, -0.2) is 21.9 Å². The first-order valence-corrected chi connectivity index (χ1v) is 7.78. The molecule has 3 aromatic rings. The fourth-order valence-corrected chi connectivity index (χ4v) is 2.81. The van der Waals surface area contributed by atoms with E-state index in [1.807, 2.05) is 30.5 Å². The third kappa shape index (κ3) is 3.35. The Kier molecular flexibility index (Phi) is 4.48. The average molecular weight is 336 g/mol. The van der Waals surface area contributed by atoms with Crippen molar-refractivity contribution in [3.63, 3.8) is 0 Å². The molecular weight excluding hydrogens is 319 g/mol. The van der Waals surface area contributed by atoms with Crippen molar-refractivity contribution in [2.75, 3.05) is 0 Å². The van der Waals surface area contributed by atoms with Gasteiger partial charge in [0.05, 0.1) is 16.9 Å². The summed E-state index contributed by atoms with van der Waals surface area (Å²) in [5.74, 6) is -1.27. The van der Waals surface area contributed by atoms with Gasteiger partial charge in [-0.25, -0.2) is 9.18 Å². The predicted molar refractivity (Wildman–Crippen MR) is 95.9 cm³/mol. The molecule has 1 N–H and O–H groups in total. The number of aromatic carboxylic acids is 1. The fraction of sp³-hybridized carbons (Fsp3) is 0.100. The second-order valence-electron chi connectivity index (χ2n) is 5.72. The van der Waals surface area contributed by atoms with Crippen LogP contribution in [0.25, 0.3) is 5.69 Å². The van der Waals surface area contributed by atoms with Gasteiger partial charge in [-0.2, -0.15) is 0 Å². The first kappa shape index (κ1) is 16.6. The molecular formula is C20H17FN2O2. The molecule has 0 radical (unpaired) electrons. The second-order valence-corrected chi connectivity index (χ2v) is 5.72. The first-order chi connectivity index (χ1) is 12.0. The van der Waals surface area contributed by atoms with Crippen LogP contribution in [0.15, 0.2) is 59.6 Å². The molecule has 0 unspecified atom stereocenters. The lowest BCUT2D eigenvalue weighted by molar-refractivity contribution is 0.0697. The van der Waals surface area contributed by atoms with Gasteiger partial charge in [-0.1, -0.05) is 12.1 Å². The summed E-state index contributed by atoms with van der Waals surface area (Å²) in [5.41, 5.74) is 4.18. The number of aryl methyl sites for hydroxylation is 1. The monoisotopic (exact) mass is 336 g/mol. The second kappa shape index (κ2) is 6.73. The summed E-state index contributed by atoms with van der Waals surface area (Å²) in [6.07, 6.45) is 1.70. The van der Waals surface area contributed by atoms with E-state index in [-0.39, 0.29) is 11.4 Å². The van der Waals surface area contributed by atoms with Gasteiger partial charge in [-0.15, -0.1) is 0 Å². The van der Waals surface area contributed by atoms with Crippen LogP contribution >= 0.6 is 0 Å². The van der Waals surface area contributed by atoms with E-state index in [1.54, 1.807) is 36.5 Å². The van der Waals surface area contributed by atoms with E-state index in [9.17, 15) is 14.3 Å². The number of para-hydroxylation sites is 1. The van der Waals surface area contributed by atoms with Crippen molar-refractivity contribution in [1.29, 1.82) is 0 Å². The highest BCUT2D eigenvalue weighted by atomic mass is 19.1. The Bertz CT molecular complexity index is 956. The molecule has 0 saturated carbocycles. The molecule has 0 fully saturated rings. The zero-order chi connectivity index (χ0) is 18.0. The normalized spacial score (nSPS) is 11.2. The minimum atomic E-state index is -0.968. The maximum absolute atomic E-state index is 13.0. The van der Waals surface area contributed by atoms with E-state index < -0.39 is 5.97 Å². The zero-order valence-electron chi connectivity index (χ0n) is 13.9. The van der Waals surface area contributed by atoms with Gasteiger partial charge in [0, 0.05) is 23.2 Å². The Morgan fingerprint density at radius 1 is 1.12 bits per heavy atom. The van der Waals surface area contributed by atoms with E-state index in [0.717, 1.165) is 17.0 Å². The van der Waals surface area contributed by atoms with E-state index in [2.05, 4.69) is 4.99 Å². The van der Waals surface area contributed by atoms with Crippen molar-refractivity contribution < 1.29 is 14.3 Å². The Morgan fingerprint density at radius 2 is 1.80 bits per heavy atom. The number of carbonyl (C=O) groups is 1. The van der Waals surface area contributed by atoms with E-state index >= 15 is 0 Å². The van der Waals surface area contributed by atoms with Crippen LogP contribution in [0.4, 0.5) is 10.1 Å². The van der Waals surface area contributed by atoms with Crippen LogP contribution in [0.5, 0.6) is 0 Å². The number of hydrogen-bond acceptors (Lipinski definition) is 2. The lowest BCUT2D eigenvalue weighted by atomic mass is 10.1. The predicted octanol–water partition coefficient (Wildman–Crippen LogP) is 4.68. The van der Waals surface area contributed by atoms with Gasteiger partial charge in [0.25, 0.3) is 0 Å². The van der Waals surface area contributed by atoms with Crippen molar-refractivity contribution in [1.82, 2.24) is 4.57 Å².